The number of halogens is 1. The second-order valence-corrected chi connectivity index (χ2v) is 8.56. The van der Waals surface area contributed by atoms with Crippen LogP contribution >= 0.6 is 11.6 Å². The molecule has 1 fully saturated rings. The fourth-order valence-electron chi connectivity index (χ4n) is 2.80. The van der Waals surface area contributed by atoms with Gasteiger partial charge in [-0.3, -0.25) is 4.90 Å². The van der Waals surface area contributed by atoms with Crippen LogP contribution in [0.25, 0.3) is 0 Å². The second-order valence-electron chi connectivity index (χ2n) is 6.00. The predicted molar refractivity (Wildman–Crippen MR) is 88.5 cm³/mol. The summed E-state index contributed by atoms with van der Waals surface area (Å²) >= 11 is 6.12. The van der Waals surface area contributed by atoms with Crippen molar-refractivity contribution in [2.75, 3.05) is 18.6 Å². The van der Waals surface area contributed by atoms with Gasteiger partial charge in [0, 0.05) is 11.4 Å². The molecule has 0 radical (unpaired) electrons. The summed E-state index contributed by atoms with van der Waals surface area (Å²) in [6.07, 6.45) is -0.446. The highest BCUT2D eigenvalue weighted by atomic mass is 35.5. The summed E-state index contributed by atoms with van der Waals surface area (Å²) in [5.41, 5.74) is 0.900. The van der Waals surface area contributed by atoms with Crippen LogP contribution in [0.4, 0.5) is 0 Å². The van der Waals surface area contributed by atoms with Crippen molar-refractivity contribution in [2.24, 2.45) is 0 Å². The molecule has 2 heterocycles. The molecule has 0 unspecified atom stereocenters. The van der Waals surface area contributed by atoms with Crippen molar-refractivity contribution >= 4 is 21.4 Å². The molecule has 1 aromatic carbocycles. The highest BCUT2D eigenvalue weighted by Gasteiger charge is 2.39. The van der Waals surface area contributed by atoms with Gasteiger partial charge in [-0.1, -0.05) is 35.0 Å². The lowest BCUT2D eigenvalue weighted by molar-refractivity contribution is 0.0891. The van der Waals surface area contributed by atoms with Gasteiger partial charge in [-0.05, 0) is 18.7 Å². The number of hydrogen-bond acceptors (Lipinski definition) is 7. The summed E-state index contributed by atoms with van der Waals surface area (Å²) in [5, 5.41) is 14.5. The van der Waals surface area contributed by atoms with Crippen LogP contribution in [0.5, 0.6) is 0 Å². The fraction of sp³-hybridized carbons (Fsp3) is 0.467. The molecule has 2 aromatic rings. The Balaban J connectivity index is 1.65. The van der Waals surface area contributed by atoms with Crippen LogP contribution in [0.2, 0.25) is 5.02 Å². The smallest absolute Gasteiger partial charge is 0.240 e. The molecule has 0 amide bonds. The standard InChI is InChI=1S/C15H18ClN3O4S/c1-19(12-8-24(21,22)9-13(12)20)7-15-17-14(18-23-15)6-10-4-2-3-5-11(10)16/h2-5,12-13,20H,6-9H2,1H3/t12-,13-/m1/s1. The third kappa shape index (κ3) is 3.94. The van der Waals surface area contributed by atoms with Gasteiger partial charge in [0.05, 0.1) is 30.2 Å². The summed E-state index contributed by atoms with van der Waals surface area (Å²) in [5.74, 6) is 0.608. The Morgan fingerprint density at radius 2 is 2.12 bits per heavy atom. The monoisotopic (exact) mass is 371 g/mol. The lowest BCUT2D eigenvalue weighted by Gasteiger charge is -2.23. The van der Waals surface area contributed by atoms with E-state index in [9.17, 15) is 13.5 Å². The van der Waals surface area contributed by atoms with E-state index in [1.807, 2.05) is 18.2 Å². The van der Waals surface area contributed by atoms with Gasteiger partial charge in [-0.15, -0.1) is 0 Å². The average Bonchev–Trinajstić information content (AvgIpc) is 3.05. The first kappa shape index (κ1) is 17.3. The summed E-state index contributed by atoms with van der Waals surface area (Å²) in [6.45, 7) is 0.271. The largest absolute Gasteiger partial charge is 0.390 e. The lowest BCUT2D eigenvalue weighted by atomic mass is 10.1. The van der Waals surface area contributed by atoms with E-state index in [0.717, 1.165) is 5.56 Å². The Hall–Kier alpha value is -1.48. The molecule has 2 atom stereocenters. The first-order valence-electron chi connectivity index (χ1n) is 7.47. The van der Waals surface area contributed by atoms with Crippen molar-refractivity contribution in [3.63, 3.8) is 0 Å². The lowest BCUT2D eigenvalue weighted by Crippen LogP contribution is -2.40. The Morgan fingerprint density at radius 1 is 1.38 bits per heavy atom. The number of aliphatic hydroxyl groups excluding tert-OH is 1. The third-order valence-electron chi connectivity index (χ3n) is 4.06. The second kappa shape index (κ2) is 6.79. The first-order valence-corrected chi connectivity index (χ1v) is 9.67. The minimum atomic E-state index is -3.20. The molecular formula is C15H18ClN3O4S. The number of nitrogens with zero attached hydrogens (tertiary/aromatic N) is 3. The Kier molecular flexibility index (Phi) is 4.91. The van der Waals surface area contributed by atoms with Crippen LogP contribution in [0, 0.1) is 0 Å². The van der Waals surface area contributed by atoms with E-state index in [1.165, 1.54) is 0 Å². The van der Waals surface area contributed by atoms with Crippen LogP contribution in [0.1, 0.15) is 17.3 Å². The summed E-state index contributed by atoms with van der Waals surface area (Å²) in [7, 11) is -1.47. The maximum atomic E-state index is 11.6. The molecule has 1 aromatic heterocycles. The maximum absolute atomic E-state index is 11.6. The van der Waals surface area contributed by atoms with Crippen LogP contribution in [-0.4, -0.2) is 59.3 Å². The van der Waals surface area contributed by atoms with E-state index in [0.29, 0.717) is 23.2 Å². The number of sulfone groups is 1. The zero-order chi connectivity index (χ0) is 17.3. The minimum absolute atomic E-state index is 0.0642. The van der Waals surface area contributed by atoms with Crippen LogP contribution in [-0.2, 0) is 22.8 Å². The molecular weight excluding hydrogens is 354 g/mol. The van der Waals surface area contributed by atoms with Crippen molar-refractivity contribution in [3.8, 4) is 0 Å². The number of benzene rings is 1. The van der Waals surface area contributed by atoms with E-state index < -0.39 is 22.0 Å². The average molecular weight is 372 g/mol. The SMILES string of the molecule is CN(Cc1nc(Cc2ccccc2Cl)no1)[C@@H]1CS(=O)(=O)C[C@H]1O. The molecule has 24 heavy (non-hydrogen) atoms. The van der Waals surface area contributed by atoms with Gasteiger partial charge in [0.25, 0.3) is 0 Å². The van der Waals surface area contributed by atoms with Gasteiger partial charge >= 0.3 is 0 Å². The molecule has 0 spiro atoms. The Bertz CT molecular complexity index is 824. The number of aromatic nitrogens is 2. The van der Waals surface area contributed by atoms with E-state index in [1.54, 1.807) is 18.0 Å². The minimum Gasteiger partial charge on any atom is -0.390 e. The summed E-state index contributed by atoms with van der Waals surface area (Å²) in [6, 6.07) is 6.97. The van der Waals surface area contributed by atoms with Crippen molar-refractivity contribution in [1.82, 2.24) is 15.0 Å². The molecule has 0 aliphatic carbocycles. The van der Waals surface area contributed by atoms with Crippen LogP contribution in [0.3, 0.4) is 0 Å². The van der Waals surface area contributed by atoms with Gasteiger partial charge in [0.1, 0.15) is 0 Å². The molecule has 7 nitrogen and oxygen atoms in total. The molecule has 3 rings (SSSR count). The van der Waals surface area contributed by atoms with Crippen molar-refractivity contribution in [1.29, 1.82) is 0 Å². The van der Waals surface area contributed by atoms with Crippen LogP contribution < -0.4 is 0 Å². The van der Waals surface area contributed by atoms with E-state index in [-0.39, 0.29) is 18.1 Å². The Morgan fingerprint density at radius 3 is 2.79 bits per heavy atom. The zero-order valence-electron chi connectivity index (χ0n) is 13.1. The van der Waals surface area contributed by atoms with E-state index >= 15 is 0 Å². The highest BCUT2D eigenvalue weighted by molar-refractivity contribution is 7.91. The van der Waals surface area contributed by atoms with E-state index in [4.69, 9.17) is 16.1 Å². The quantitative estimate of drug-likeness (QED) is 0.834. The number of likely N-dealkylation sites (N-methyl/N-ethyl adjacent to an activating group) is 1. The van der Waals surface area contributed by atoms with Crippen molar-refractivity contribution < 1.29 is 18.0 Å². The normalized spacial score (nSPS) is 23.0. The first-order chi connectivity index (χ1) is 11.3. The van der Waals surface area contributed by atoms with Crippen molar-refractivity contribution in [2.45, 2.75) is 25.1 Å². The molecule has 1 N–H and O–H groups in total. The predicted octanol–water partition coefficient (Wildman–Crippen LogP) is 0.903. The van der Waals surface area contributed by atoms with Crippen LogP contribution in [0.15, 0.2) is 28.8 Å². The fourth-order valence-corrected chi connectivity index (χ4v) is 4.88. The Labute approximate surface area is 145 Å². The highest BCUT2D eigenvalue weighted by Crippen LogP contribution is 2.20. The molecule has 9 heteroatoms. The molecule has 1 aliphatic heterocycles. The third-order valence-corrected chi connectivity index (χ3v) is 6.13. The van der Waals surface area contributed by atoms with Gasteiger partial charge in [-0.25, -0.2) is 8.42 Å². The van der Waals surface area contributed by atoms with E-state index in [2.05, 4.69) is 10.1 Å². The molecule has 0 bridgehead atoms. The zero-order valence-corrected chi connectivity index (χ0v) is 14.7. The summed E-state index contributed by atoms with van der Waals surface area (Å²) < 4.78 is 28.4. The van der Waals surface area contributed by atoms with Gasteiger partial charge in [-0.2, -0.15) is 4.98 Å². The maximum Gasteiger partial charge on any atom is 0.240 e. The number of aliphatic hydroxyl groups is 1. The number of hydrogen-bond donors (Lipinski definition) is 1. The van der Waals surface area contributed by atoms with Gasteiger partial charge < -0.3 is 9.63 Å². The molecule has 1 saturated heterocycles. The summed E-state index contributed by atoms with van der Waals surface area (Å²) in [4.78, 5) is 6.03. The number of rotatable bonds is 5. The van der Waals surface area contributed by atoms with Crippen molar-refractivity contribution in [3.05, 3.63) is 46.6 Å². The molecule has 1 aliphatic rings. The van der Waals surface area contributed by atoms with Gasteiger partial charge in [0.2, 0.25) is 5.89 Å². The molecule has 0 saturated carbocycles. The van der Waals surface area contributed by atoms with Gasteiger partial charge in [0.15, 0.2) is 15.7 Å². The molecule has 130 valence electrons. The topological polar surface area (TPSA) is 96.5 Å².